The lowest BCUT2D eigenvalue weighted by Gasteiger charge is -2.12. The molecule has 0 radical (unpaired) electrons. The first-order valence-corrected chi connectivity index (χ1v) is 7.56. The van der Waals surface area contributed by atoms with Crippen LogP contribution < -0.4 is 15.4 Å². The zero-order valence-electron chi connectivity index (χ0n) is 13.3. The molecule has 1 aromatic carbocycles. The number of ether oxygens (including phenoxy) is 1. The first-order chi connectivity index (χ1) is 10.5. The van der Waals surface area contributed by atoms with E-state index in [2.05, 4.69) is 34.4 Å². The molecule has 0 saturated carbocycles. The van der Waals surface area contributed by atoms with Crippen molar-refractivity contribution in [2.45, 2.75) is 20.8 Å². The van der Waals surface area contributed by atoms with Gasteiger partial charge in [0.2, 0.25) is 5.95 Å². The maximum atomic E-state index is 6.13. The minimum absolute atomic E-state index is 0.529. The van der Waals surface area contributed by atoms with E-state index in [4.69, 9.17) is 16.3 Å². The Hall–Kier alpha value is -2.01. The Morgan fingerprint density at radius 2 is 2.00 bits per heavy atom. The highest BCUT2D eigenvalue weighted by atomic mass is 35.5. The van der Waals surface area contributed by atoms with Gasteiger partial charge in [0.1, 0.15) is 11.6 Å². The van der Waals surface area contributed by atoms with Crippen molar-refractivity contribution in [2.24, 2.45) is 5.92 Å². The molecule has 1 aromatic heterocycles. The molecule has 0 spiro atoms. The van der Waals surface area contributed by atoms with Crippen molar-refractivity contribution in [1.82, 2.24) is 9.97 Å². The zero-order valence-corrected chi connectivity index (χ0v) is 14.0. The Bertz CT molecular complexity index is 646. The van der Waals surface area contributed by atoms with Crippen molar-refractivity contribution >= 4 is 29.1 Å². The molecule has 0 unspecified atom stereocenters. The summed E-state index contributed by atoms with van der Waals surface area (Å²) in [5.74, 6) is 2.52. The van der Waals surface area contributed by atoms with Crippen LogP contribution in [0.1, 0.15) is 19.5 Å². The van der Waals surface area contributed by atoms with Gasteiger partial charge in [0.15, 0.2) is 0 Å². The van der Waals surface area contributed by atoms with Crippen LogP contribution in [0.3, 0.4) is 0 Å². The standard InChI is InChI=1S/C16H21ClN4O/c1-10(2)9-18-16-19-11(3)7-15(21-16)20-12-5-6-14(22-4)13(17)8-12/h5-8,10H,9H2,1-4H3,(H2,18,19,20,21). The minimum Gasteiger partial charge on any atom is -0.495 e. The first-order valence-electron chi connectivity index (χ1n) is 7.18. The molecule has 0 amide bonds. The van der Waals surface area contributed by atoms with E-state index in [0.29, 0.717) is 22.6 Å². The Morgan fingerprint density at radius 1 is 1.23 bits per heavy atom. The van der Waals surface area contributed by atoms with Gasteiger partial charge in [0.05, 0.1) is 12.1 Å². The number of benzene rings is 1. The van der Waals surface area contributed by atoms with Crippen molar-refractivity contribution in [3.63, 3.8) is 0 Å². The third-order valence-electron chi connectivity index (χ3n) is 2.95. The maximum Gasteiger partial charge on any atom is 0.224 e. The topological polar surface area (TPSA) is 59.1 Å². The zero-order chi connectivity index (χ0) is 16.1. The molecular formula is C16H21ClN4O. The fourth-order valence-electron chi connectivity index (χ4n) is 1.90. The smallest absolute Gasteiger partial charge is 0.224 e. The lowest BCUT2D eigenvalue weighted by molar-refractivity contribution is 0.415. The average Bonchev–Trinajstić information content (AvgIpc) is 2.45. The van der Waals surface area contributed by atoms with Gasteiger partial charge in [-0.1, -0.05) is 25.4 Å². The van der Waals surface area contributed by atoms with Crippen LogP contribution in [0.25, 0.3) is 0 Å². The van der Waals surface area contributed by atoms with Gasteiger partial charge in [0, 0.05) is 24.0 Å². The molecule has 6 heteroatoms. The Kier molecular flexibility index (Phi) is 5.44. The predicted octanol–water partition coefficient (Wildman–Crippen LogP) is 4.26. The highest BCUT2D eigenvalue weighted by Crippen LogP contribution is 2.28. The first kappa shape index (κ1) is 16.4. The molecule has 5 nitrogen and oxygen atoms in total. The van der Waals surface area contributed by atoms with E-state index >= 15 is 0 Å². The second-order valence-corrected chi connectivity index (χ2v) is 5.87. The predicted molar refractivity (Wildman–Crippen MR) is 91.4 cm³/mol. The Labute approximate surface area is 136 Å². The molecule has 0 fully saturated rings. The number of rotatable bonds is 6. The van der Waals surface area contributed by atoms with Gasteiger partial charge in [-0.2, -0.15) is 4.98 Å². The molecule has 0 bridgehead atoms. The van der Waals surface area contributed by atoms with Gasteiger partial charge < -0.3 is 15.4 Å². The largest absolute Gasteiger partial charge is 0.495 e. The van der Waals surface area contributed by atoms with Gasteiger partial charge >= 0.3 is 0 Å². The summed E-state index contributed by atoms with van der Waals surface area (Å²) < 4.78 is 5.15. The monoisotopic (exact) mass is 320 g/mol. The third kappa shape index (κ3) is 4.49. The van der Waals surface area contributed by atoms with E-state index in [0.717, 1.165) is 23.7 Å². The van der Waals surface area contributed by atoms with E-state index in [1.807, 2.05) is 25.1 Å². The quantitative estimate of drug-likeness (QED) is 0.833. The molecular weight excluding hydrogens is 300 g/mol. The van der Waals surface area contributed by atoms with Crippen LogP contribution in [-0.2, 0) is 0 Å². The van der Waals surface area contributed by atoms with E-state index in [1.165, 1.54) is 0 Å². The molecule has 2 N–H and O–H groups in total. The summed E-state index contributed by atoms with van der Waals surface area (Å²) in [4.78, 5) is 8.85. The lowest BCUT2D eigenvalue weighted by atomic mass is 10.2. The second-order valence-electron chi connectivity index (χ2n) is 5.47. The molecule has 118 valence electrons. The van der Waals surface area contributed by atoms with Gasteiger partial charge in [-0.15, -0.1) is 0 Å². The molecule has 0 saturated heterocycles. The van der Waals surface area contributed by atoms with Crippen LogP contribution >= 0.6 is 11.6 Å². The number of nitrogens with one attached hydrogen (secondary N) is 2. The van der Waals surface area contributed by atoms with E-state index in [9.17, 15) is 0 Å². The summed E-state index contributed by atoms with van der Waals surface area (Å²) in [7, 11) is 1.59. The maximum absolute atomic E-state index is 6.13. The molecule has 2 rings (SSSR count). The molecule has 0 aliphatic rings. The number of methoxy groups -OCH3 is 1. The van der Waals surface area contributed by atoms with Crippen molar-refractivity contribution in [3.05, 3.63) is 35.0 Å². The number of aromatic nitrogens is 2. The van der Waals surface area contributed by atoms with Gasteiger partial charge in [-0.3, -0.25) is 0 Å². The number of aryl methyl sites for hydroxylation is 1. The minimum atomic E-state index is 0.529. The van der Waals surface area contributed by atoms with Crippen LogP contribution in [0.4, 0.5) is 17.5 Å². The summed E-state index contributed by atoms with van der Waals surface area (Å²) in [5.41, 5.74) is 1.74. The summed E-state index contributed by atoms with van der Waals surface area (Å²) in [6.07, 6.45) is 0. The highest BCUT2D eigenvalue weighted by molar-refractivity contribution is 6.32. The number of anilines is 3. The number of nitrogens with zero attached hydrogens (tertiary/aromatic N) is 2. The van der Waals surface area contributed by atoms with Gasteiger partial charge in [0.25, 0.3) is 0 Å². The number of halogens is 1. The average molecular weight is 321 g/mol. The van der Waals surface area contributed by atoms with Gasteiger partial charge in [-0.25, -0.2) is 4.98 Å². The Balaban J connectivity index is 2.16. The summed E-state index contributed by atoms with van der Waals surface area (Å²) in [6.45, 7) is 7.05. The summed E-state index contributed by atoms with van der Waals surface area (Å²) in [6, 6.07) is 7.40. The molecule has 22 heavy (non-hydrogen) atoms. The van der Waals surface area contributed by atoms with E-state index in [-0.39, 0.29) is 0 Å². The summed E-state index contributed by atoms with van der Waals surface area (Å²) in [5, 5.41) is 7.02. The normalized spacial score (nSPS) is 10.6. The van der Waals surface area contributed by atoms with Crippen molar-refractivity contribution in [1.29, 1.82) is 0 Å². The van der Waals surface area contributed by atoms with Crippen molar-refractivity contribution < 1.29 is 4.74 Å². The van der Waals surface area contributed by atoms with Crippen molar-refractivity contribution in [2.75, 3.05) is 24.3 Å². The Morgan fingerprint density at radius 3 is 2.64 bits per heavy atom. The summed E-state index contributed by atoms with van der Waals surface area (Å²) >= 11 is 6.13. The molecule has 1 heterocycles. The lowest BCUT2D eigenvalue weighted by Crippen LogP contribution is -2.11. The van der Waals surface area contributed by atoms with Gasteiger partial charge in [-0.05, 0) is 31.0 Å². The number of hydrogen-bond donors (Lipinski definition) is 2. The van der Waals surface area contributed by atoms with Crippen LogP contribution in [0, 0.1) is 12.8 Å². The fourth-order valence-corrected chi connectivity index (χ4v) is 2.16. The molecule has 0 aliphatic carbocycles. The SMILES string of the molecule is COc1ccc(Nc2cc(C)nc(NCC(C)C)n2)cc1Cl. The molecule has 0 aliphatic heterocycles. The van der Waals surface area contributed by atoms with E-state index in [1.54, 1.807) is 13.2 Å². The van der Waals surface area contributed by atoms with Crippen LogP contribution in [0.15, 0.2) is 24.3 Å². The molecule has 2 aromatic rings. The van der Waals surface area contributed by atoms with E-state index < -0.39 is 0 Å². The third-order valence-corrected chi connectivity index (χ3v) is 3.24. The van der Waals surface area contributed by atoms with Crippen LogP contribution in [-0.4, -0.2) is 23.6 Å². The van der Waals surface area contributed by atoms with Crippen molar-refractivity contribution in [3.8, 4) is 5.75 Å². The molecule has 0 atom stereocenters. The highest BCUT2D eigenvalue weighted by Gasteiger charge is 2.06. The van der Waals surface area contributed by atoms with Crippen LogP contribution in [0.5, 0.6) is 5.75 Å². The second kappa shape index (κ2) is 7.31. The fraction of sp³-hybridized carbons (Fsp3) is 0.375. The van der Waals surface area contributed by atoms with Crippen LogP contribution in [0.2, 0.25) is 5.02 Å². The number of hydrogen-bond acceptors (Lipinski definition) is 5.